The number of aliphatic hydroxyl groups excluding tert-OH is 1. The van der Waals surface area contributed by atoms with Gasteiger partial charge in [-0.2, -0.15) is 13.2 Å². The van der Waals surface area contributed by atoms with Gasteiger partial charge in [0.25, 0.3) is 0 Å². The van der Waals surface area contributed by atoms with Gasteiger partial charge in [-0.25, -0.2) is 9.78 Å². The maximum Gasteiger partial charge on any atom is 0.452 e. The quantitative estimate of drug-likeness (QED) is 0.812. The number of carbonyl (C=O) groups is 1. The number of amides is 1. The normalized spacial score (nSPS) is 12.8. The van der Waals surface area contributed by atoms with E-state index in [-0.39, 0.29) is 24.7 Å². The predicted octanol–water partition coefficient (Wildman–Crippen LogP) is 2.05. The van der Waals surface area contributed by atoms with Gasteiger partial charge in [0, 0.05) is 6.61 Å². The molecule has 6 nitrogen and oxygen atoms in total. The van der Waals surface area contributed by atoms with E-state index in [4.69, 9.17) is 5.11 Å². The number of nitrogens with zero attached hydrogens (tertiary/aromatic N) is 1. The van der Waals surface area contributed by atoms with Crippen molar-refractivity contribution in [2.45, 2.75) is 26.0 Å². The zero-order valence-electron chi connectivity index (χ0n) is 10.5. The zero-order valence-corrected chi connectivity index (χ0v) is 10.5. The molecule has 1 amide bonds. The number of hydrogen-bond acceptors (Lipinski definition) is 5. The molecular weight excluding hydrogens is 281 g/mol. The maximum absolute atomic E-state index is 12.4. The fourth-order valence-corrected chi connectivity index (χ4v) is 1.22. The third-order valence-electron chi connectivity index (χ3n) is 2.00. The predicted molar refractivity (Wildman–Crippen MR) is 61.7 cm³/mol. The Balaban J connectivity index is 2.65. The number of rotatable bonds is 5. The summed E-state index contributed by atoms with van der Waals surface area (Å²) < 4.78 is 45.8. The molecule has 1 aromatic rings. The van der Waals surface area contributed by atoms with Crippen LogP contribution in [0.15, 0.2) is 18.2 Å². The van der Waals surface area contributed by atoms with E-state index in [9.17, 15) is 18.0 Å². The van der Waals surface area contributed by atoms with Gasteiger partial charge in [-0.15, -0.1) is 0 Å². The van der Waals surface area contributed by atoms with Crippen LogP contribution >= 0.6 is 0 Å². The van der Waals surface area contributed by atoms with Crippen LogP contribution in [-0.2, 0) is 16.1 Å². The van der Waals surface area contributed by atoms with Gasteiger partial charge in [-0.1, -0.05) is 6.07 Å². The number of alkyl halides is 3. The van der Waals surface area contributed by atoms with E-state index in [1.165, 1.54) is 25.1 Å². The largest absolute Gasteiger partial charge is 0.452 e. The Morgan fingerprint density at radius 2 is 2.20 bits per heavy atom. The molecule has 0 aliphatic rings. The van der Waals surface area contributed by atoms with Crippen molar-refractivity contribution in [3.05, 3.63) is 23.9 Å². The molecular formula is C11H13F3N2O4. The summed E-state index contributed by atoms with van der Waals surface area (Å²) in [4.78, 5) is 15.1. The number of pyridine rings is 1. The zero-order chi connectivity index (χ0) is 15.2. The van der Waals surface area contributed by atoms with E-state index in [0.717, 1.165) is 0 Å². The van der Waals surface area contributed by atoms with Crippen LogP contribution in [0.3, 0.4) is 0 Å². The van der Waals surface area contributed by atoms with E-state index in [2.05, 4.69) is 14.5 Å². The Bertz CT molecular complexity index is 454. The highest BCUT2D eigenvalue weighted by atomic mass is 19.4. The second kappa shape index (κ2) is 7.06. The Morgan fingerprint density at radius 3 is 2.75 bits per heavy atom. The first-order valence-corrected chi connectivity index (χ1v) is 5.59. The first-order chi connectivity index (χ1) is 9.36. The third kappa shape index (κ3) is 5.02. The summed E-state index contributed by atoms with van der Waals surface area (Å²) in [7, 11) is 0. The molecule has 1 rings (SSSR count). The third-order valence-corrected chi connectivity index (χ3v) is 2.00. The number of aromatic nitrogens is 1. The van der Waals surface area contributed by atoms with Crippen LogP contribution in [0.1, 0.15) is 12.6 Å². The van der Waals surface area contributed by atoms with Crippen molar-refractivity contribution in [2.24, 2.45) is 0 Å². The first-order valence-electron chi connectivity index (χ1n) is 5.59. The van der Waals surface area contributed by atoms with Crippen LogP contribution in [0.5, 0.6) is 0 Å². The van der Waals surface area contributed by atoms with Crippen molar-refractivity contribution >= 4 is 11.9 Å². The van der Waals surface area contributed by atoms with Crippen LogP contribution in [-0.4, -0.2) is 35.3 Å². The van der Waals surface area contributed by atoms with Crippen molar-refractivity contribution in [1.82, 2.24) is 4.98 Å². The summed E-state index contributed by atoms with van der Waals surface area (Å²) >= 11 is 0. The summed E-state index contributed by atoms with van der Waals surface area (Å²) in [6.07, 6.45) is -8.83. The Morgan fingerprint density at radius 1 is 1.50 bits per heavy atom. The van der Waals surface area contributed by atoms with Crippen molar-refractivity contribution < 1.29 is 32.5 Å². The van der Waals surface area contributed by atoms with E-state index < -0.39 is 18.6 Å². The van der Waals surface area contributed by atoms with Crippen LogP contribution in [0.25, 0.3) is 0 Å². The fraction of sp³-hybridized carbons (Fsp3) is 0.455. The molecule has 0 radical (unpaired) electrons. The fourth-order valence-electron chi connectivity index (χ4n) is 1.22. The van der Waals surface area contributed by atoms with Gasteiger partial charge in [0.2, 0.25) is 0 Å². The number of nitrogens with one attached hydrogen (secondary N) is 1. The molecule has 0 spiro atoms. The molecule has 0 saturated carbocycles. The Hall–Kier alpha value is -1.87. The minimum Gasteiger partial charge on any atom is -0.409 e. The van der Waals surface area contributed by atoms with Gasteiger partial charge < -0.3 is 14.6 Å². The molecule has 9 heteroatoms. The Kier molecular flexibility index (Phi) is 5.71. The van der Waals surface area contributed by atoms with Crippen molar-refractivity contribution in [3.63, 3.8) is 0 Å². The molecule has 1 unspecified atom stereocenters. The lowest BCUT2D eigenvalue weighted by molar-refractivity contribution is -0.288. The van der Waals surface area contributed by atoms with E-state index in [0.29, 0.717) is 0 Å². The van der Waals surface area contributed by atoms with E-state index >= 15 is 0 Å². The summed E-state index contributed by atoms with van der Waals surface area (Å²) in [5.41, 5.74) is 0.250. The second-order valence-electron chi connectivity index (χ2n) is 3.53. The van der Waals surface area contributed by atoms with Gasteiger partial charge in [-0.3, -0.25) is 5.32 Å². The Labute approximate surface area is 112 Å². The number of halogens is 3. The summed E-state index contributed by atoms with van der Waals surface area (Å²) in [6, 6.07) is 4.29. The summed E-state index contributed by atoms with van der Waals surface area (Å²) in [6.45, 7) is 0.705. The molecule has 112 valence electrons. The summed E-state index contributed by atoms with van der Waals surface area (Å²) in [5, 5.41) is 10.9. The smallest absolute Gasteiger partial charge is 0.409 e. The van der Waals surface area contributed by atoms with E-state index in [1.807, 2.05) is 5.32 Å². The number of ether oxygens (including phenoxy) is 2. The molecule has 0 saturated heterocycles. The standard InChI is InChI=1S/C11H13F3N2O4/c1-2-19-9(11(12,13)14)20-10(18)16-8-5-3-4-7(6-17)15-8/h3-5,9,17H,2,6H2,1H3,(H,15,16,18). The highest BCUT2D eigenvalue weighted by molar-refractivity contribution is 5.83. The van der Waals surface area contributed by atoms with Gasteiger partial charge in [-0.05, 0) is 19.1 Å². The average molecular weight is 294 g/mol. The van der Waals surface area contributed by atoms with Crippen molar-refractivity contribution in [3.8, 4) is 0 Å². The molecule has 20 heavy (non-hydrogen) atoms. The minimum absolute atomic E-state index is 0.0426. The van der Waals surface area contributed by atoms with Crippen LogP contribution in [0.2, 0.25) is 0 Å². The number of carbonyl (C=O) groups excluding carboxylic acids is 1. The van der Waals surface area contributed by atoms with Crippen LogP contribution in [0.4, 0.5) is 23.8 Å². The topological polar surface area (TPSA) is 80.7 Å². The number of anilines is 1. The molecule has 0 aliphatic heterocycles. The van der Waals surface area contributed by atoms with Gasteiger partial charge in [0.1, 0.15) is 5.82 Å². The lowest BCUT2D eigenvalue weighted by Crippen LogP contribution is -2.37. The highest BCUT2D eigenvalue weighted by Crippen LogP contribution is 2.24. The maximum atomic E-state index is 12.4. The van der Waals surface area contributed by atoms with Crippen molar-refractivity contribution in [1.29, 1.82) is 0 Å². The molecule has 1 atom stereocenters. The number of hydrogen-bond donors (Lipinski definition) is 2. The highest BCUT2D eigenvalue weighted by Gasteiger charge is 2.44. The second-order valence-corrected chi connectivity index (χ2v) is 3.53. The lowest BCUT2D eigenvalue weighted by Gasteiger charge is -2.20. The molecule has 0 fully saturated rings. The van der Waals surface area contributed by atoms with E-state index in [1.54, 1.807) is 0 Å². The molecule has 0 aromatic carbocycles. The average Bonchev–Trinajstić information content (AvgIpc) is 2.37. The van der Waals surface area contributed by atoms with Gasteiger partial charge in [0.05, 0.1) is 12.3 Å². The van der Waals surface area contributed by atoms with Crippen molar-refractivity contribution in [2.75, 3.05) is 11.9 Å². The van der Waals surface area contributed by atoms with Gasteiger partial charge in [0.15, 0.2) is 0 Å². The monoisotopic (exact) mass is 294 g/mol. The molecule has 1 aromatic heterocycles. The van der Waals surface area contributed by atoms with Crippen LogP contribution < -0.4 is 5.32 Å². The molecule has 0 bridgehead atoms. The summed E-state index contributed by atoms with van der Waals surface area (Å²) in [5.74, 6) is -0.0426. The minimum atomic E-state index is -4.83. The first kappa shape index (κ1) is 16.2. The molecule has 0 aliphatic carbocycles. The SMILES string of the molecule is CCOC(OC(=O)Nc1cccc(CO)n1)C(F)(F)F. The van der Waals surface area contributed by atoms with Crippen LogP contribution in [0, 0.1) is 0 Å². The molecule has 2 N–H and O–H groups in total. The lowest BCUT2D eigenvalue weighted by atomic mass is 10.3. The molecule has 1 heterocycles. The number of aliphatic hydroxyl groups is 1. The van der Waals surface area contributed by atoms with Gasteiger partial charge >= 0.3 is 18.6 Å².